The monoisotopic (exact) mass is 293 g/mol. The number of aromatic nitrogens is 2. The third-order valence-corrected chi connectivity index (χ3v) is 2.64. The molecule has 1 aromatic heterocycles. The van der Waals surface area contributed by atoms with Crippen molar-refractivity contribution in [2.75, 3.05) is 26.3 Å². The Morgan fingerprint density at radius 3 is 2.85 bits per heavy atom. The fourth-order valence-corrected chi connectivity index (χ4v) is 1.71. The van der Waals surface area contributed by atoms with Crippen LogP contribution in [0.4, 0.5) is 13.2 Å². The van der Waals surface area contributed by atoms with Gasteiger partial charge in [-0.15, -0.1) is 0 Å². The van der Waals surface area contributed by atoms with Crippen molar-refractivity contribution in [3.8, 4) is 0 Å². The minimum Gasteiger partial charge on any atom is -0.372 e. The Hall–Kier alpha value is -1.08. The largest absolute Gasteiger partial charge is 0.411 e. The molecule has 0 saturated carbocycles. The highest BCUT2D eigenvalue weighted by Gasteiger charge is 2.27. The highest BCUT2D eigenvalue weighted by molar-refractivity contribution is 4.97. The lowest BCUT2D eigenvalue weighted by atomic mass is 10.3. The maximum Gasteiger partial charge on any atom is 0.411 e. The summed E-state index contributed by atoms with van der Waals surface area (Å²) in [4.78, 5) is 4.25. The molecule has 0 aliphatic carbocycles. The fourth-order valence-electron chi connectivity index (χ4n) is 1.71. The molecule has 1 rings (SSSR count). The molecule has 0 aliphatic rings. The summed E-state index contributed by atoms with van der Waals surface area (Å²) < 4.78 is 41.9. The molecule has 20 heavy (non-hydrogen) atoms. The molecule has 0 unspecified atom stereocenters. The van der Waals surface area contributed by atoms with Gasteiger partial charge >= 0.3 is 6.18 Å². The number of hydrogen-bond acceptors (Lipinski definition) is 3. The normalized spacial score (nSPS) is 12.0. The summed E-state index contributed by atoms with van der Waals surface area (Å²) >= 11 is 0. The molecule has 116 valence electrons. The summed E-state index contributed by atoms with van der Waals surface area (Å²) in [7, 11) is 0. The summed E-state index contributed by atoms with van der Waals surface area (Å²) in [5.41, 5.74) is 0.991. The first-order valence-electron chi connectivity index (χ1n) is 6.87. The number of ether oxygens (including phenoxy) is 1. The van der Waals surface area contributed by atoms with Crippen LogP contribution < -0.4 is 5.32 Å². The number of nitrogens with zero attached hydrogens (tertiary/aromatic N) is 2. The van der Waals surface area contributed by atoms with E-state index >= 15 is 0 Å². The van der Waals surface area contributed by atoms with Crippen LogP contribution in [-0.2, 0) is 17.7 Å². The smallest absolute Gasteiger partial charge is 0.372 e. The number of rotatable bonds is 10. The van der Waals surface area contributed by atoms with E-state index in [1.54, 1.807) is 6.33 Å². The molecular formula is C13H22F3N3O. The van der Waals surface area contributed by atoms with Crippen LogP contribution >= 0.6 is 0 Å². The van der Waals surface area contributed by atoms with Crippen molar-refractivity contribution in [1.29, 1.82) is 0 Å². The van der Waals surface area contributed by atoms with E-state index in [0.29, 0.717) is 13.0 Å². The van der Waals surface area contributed by atoms with Gasteiger partial charge in [-0.05, 0) is 19.4 Å². The molecule has 0 atom stereocenters. The maximum absolute atomic E-state index is 11.8. The highest BCUT2D eigenvalue weighted by Crippen LogP contribution is 2.14. The fraction of sp³-hybridized carbons (Fsp3) is 0.769. The van der Waals surface area contributed by atoms with Crippen molar-refractivity contribution in [1.82, 2.24) is 14.9 Å². The minimum absolute atomic E-state index is 0.102. The van der Waals surface area contributed by atoms with Crippen LogP contribution in [0, 0.1) is 0 Å². The van der Waals surface area contributed by atoms with E-state index in [1.807, 2.05) is 10.8 Å². The van der Waals surface area contributed by atoms with Gasteiger partial charge in [0.1, 0.15) is 6.61 Å². The van der Waals surface area contributed by atoms with E-state index in [-0.39, 0.29) is 6.61 Å². The van der Waals surface area contributed by atoms with Crippen LogP contribution in [0.5, 0.6) is 0 Å². The molecule has 0 aromatic carbocycles. The Labute approximate surface area is 117 Å². The van der Waals surface area contributed by atoms with E-state index in [4.69, 9.17) is 0 Å². The first-order chi connectivity index (χ1) is 9.51. The van der Waals surface area contributed by atoms with Crippen molar-refractivity contribution >= 4 is 0 Å². The van der Waals surface area contributed by atoms with Gasteiger partial charge in [0.25, 0.3) is 0 Å². The third-order valence-electron chi connectivity index (χ3n) is 2.64. The van der Waals surface area contributed by atoms with Gasteiger partial charge in [0.05, 0.1) is 12.0 Å². The Kier molecular flexibility index (Phi) is 7.61. The van der Waals surface area contributed by atoms with Crippen LogP contribution in [0.2, 0.25) is 0 Å². The van der Waals surface area contributed by atoms with Crippen molar-refractivity contribution < 1.29 is 17.9 Å². The predicted octanol–water partition coefficient (Wildman–Crippen LogP) is 2.39. The van der Waals surface area contributed by atoms with Crippen molar-refractivity contribution in [3.05, 3.63) is 18.2 Å². The average Bonchev–Trinajstić information content (AvgIpc) is 2.81. The van der Waals surface area contributed by atoms with Gasteiger partial charge in [-0.3, -0.25) is 0 Å². The Bertz CT molecular complexity index is 366. The van der Waals surface area contributed by atoms with Crippen LogP contribution in [0.3, 0.4) is 0 Å². The van der Waals surface area contributed by atoms with Gasteiger partial charge in [0.15, 0.2) is 0 Å². The summed E-state index contributed by atoms with van der Waals surface area (Å²) in [6, 6.07) is 0. The second kappa shape index (κ2) is 8.97. The SMILES string of the molecule is CCCNCCc1cn(CCCOCC(F)(F)F)cn1. The Balaban J connectivity index is 2.11. The van der Waals surface area contributed by atoms with Gasteiger partial charge in [0.2, 0.25) is 0 Å². The minimum atomic E-state index is -4.24. The van der Waals surface area contributed by atoms with Gasteiger partial charge < -0.3 is 14.6 Å². The second-order valence-corrected chi connectivity index (χ2v) is 4.62. The van der Waals surface area contributed by atoms with Gasteiger partial charge in [0, 0.05) is 32.3 Å². The first kappa shape index (κ1) is 17.0. The van der Waals surface area contributed by atoms with E-state index in [2.05, 4.69) is 22.0 Å². The van der Waals surface area contributed by atoms with Crippen molar-refractivity contribution in [2.24, 2.45) is 0 Å². The summed E-state index contributed by atoms with van der Waals surface area (Å²) in [5.74, 6) is 0. The topological polar surface area (TPSA) is 39.1 Å². The molecule has 1 heterocycles. The van der Waals surface area contributed by atoms with E-state index in [9.17, 15) is 13.2 Å². The first-order valence-corrected chi connectivity index (χ1v) is 6.87. The molecule has 0 saturated heterocycles. The zero-order chi connectivity index (χ0) is 14.8. The molecule has 0 aliphatic heterocycles. The molecule has 0 amide bonds. The maximum atomic E-state index is 11.8. The average molecular weight is 293 g/mol. The number of alkyl halides is 3. The number of hydrogen-bond donors (Lipinski definition) is 1. The van der Waals surface area contributed by atoms with Crippen LogP contribution in [0.1, 0.15) is 25.5 Å². The van der Waals surface area contributed by atoms with Crippen molar-refractivity contribution in [3.63, 3.8) is 0 Å². The van der Waals surface area contributed by atoms with E-state index in [1.165, 1.54) is 0 Å². The van der Waals surface area contributed by atoms with E-state index < -0.39 is 12.8 Å². The Morgan fingerprint density at radius 1 is 1.35 bits per heavy atom. The van der Waals surface area contributed by atoms with Gasteiger partial charge in [-0.1, -0.05) is 6.92 Å². The van der Waals surface area contributed by atoms with Crippen LogP contribution in [-0.4, -0.2) is 42.0 Å². The van der Waals surface area contributed by atoms with Crippen LogP contribution in [0.15, 0.2) is 12.5 Å². The molecule has 7 heteroatoms. The van der Waals surface area contributed by atoms with Gasteiger partial charge in [-0.25, -0.2) is 4.98 Å². The molecule has 0 bridgehead atoms. The lowest BCUT2D eigenvalue weighted by Crippen LogP contribution is -2.18. The molecule has 1 N–H and O–H groups in total. The number of aryl methyl sites for hydroxylation is 1. The summed E-state index contributed by atoms with van der Waals surface area (Å²) in [5, 5.41) is 3.29. The predicted molar refractivity (Wildman–Crippen MR) is 70.6 cm³/mol. The lowest BCUT2D eigenvalue weighted by molar-refractivity contribution is -0.174. The molecule has 4 nitrogen and oxygen atoms in total. The summed E-state index contributed by atoms with van der Waals surface area (Å²) in [6.45, 7) is 3.54. The van der Waals surface area contributed by atoms with Crippen molar-refractivity contribution in [2.45, 2.75) is 38.9 Å². The van der Waals surface area contributed by atoms with Crippen LogP contribution in [0.25, 0.3) is 0 Å². The molecule has 0 spiro atoms. The lowest BCUT2D eigenvalue weighted by Gasteiger charge is -2.07. The summed E-state index contributed by atoms with van der Waals surface area (Å²) in [6.07, 6.45) is 1.90. The molecule has 1 aromatic rings. The zero-order valence-electron chi connectivity index (χ0n) is 11.7. The molecule has 0 fully saturated rings. The third kappa shape index (κ3) is 8.16. The molecular weight excluding hydrogens is 271 g/mol. The zero-order valence-corrected chi connectivity index (χ0v) is 11.7. The molecule has 0 radical (unpaired) electrons. The number of imidazole rings is 1. The van der Waals surface area contributed by atoms with Gasteiger partial charge in [-0.2, -0.15) is 13.2 Å². The highest BCUT2D eigenvalue weighted by atomic mass is 19.4. The number of nitrogens with one attached hydrogen (secondary N) is 1. The standard InChI is InChI=1S/C13H22F3N3O/c1-2-5-17-6-4-12-9-19(11-18-12)7-3-8-20-10-13(14,15)16/h9,11,17H,2-8,10H2,1H3. The number of halogens is 3. The second-order valence-electron chi connectivity index (χ2n) is 4.62. The quantitative estimate of drug-likeness (QED) is 0.673. The van der Waals surface area contributed by atoms with E-state index in [0.717, 1.165) is 31.6 Å². The Morgan fingerprint density at radius 2 is 2.15 bits per heavy atom.